The van der Waals surface area contributed by atoms with Gasteiger partial charge in [-0.15, -0.1) is 11.3 Å². The van der Waals surface area contributed by atoms with Gasteiger partial charge in [-0.25, -0.2) is 0 Å². The van der Waals surface area contributed by atoms with Gasteiger partial charge in [0, 0.05) is 16.3 Å². The van der Waals surface area contributed by atoms with Crippen molar-refractivity contribution in [3.8, 4) is 0 Å². The molecule has 4 N–H and O–H groups in total. The molecule has 2 rings (SSSR count). The molecular formula is C12H14N2OS. The van der Waals surface area contributed by atoms with Gasteiger partial charge in [0.05, 0.1) is 13.2 Å². The van der Waals surface area contributed by atoms with Crippen LogP contribution in [0.25, 0.3) is 0 Å². The Morgan fingerprint density at radius 3 is 2.50 bits per heavy atom. The van der Waals surface area contributed by atoms with E-state index in [1.54, 1.807) is 11.3 Å². The minimum absolute atomic E-state index is 0.0815. The third-order valence-corrected chi connectivity index (χ3v) is 3.31. The fraction of sp³-hybridized carbons (Fsp3) is 0.167. The number of nitrogen functional groups attached to an aromatic ring is 1. The fourth-order valence-corrected chi connectivity index (χ4v) is 2.14. The predicted molar refractivity (Wildman–Crippen MR) is 68.4 cm³/mol. The number of hydrogen-bond donors (Lipinski definition) is 3. The van der Waals surface area contributed by atoms with Crippen molar-refractivity contribution in [3.05, 3.63) is 46.2 Å². The van der Waals surface area contributed by atoms with Crippen molar-refractivity contribution in [3.63, 3.8) is 0 Å². The molecule has 0 bridgehead atoms. The average molecular weight is 234 g/mol. The maximum Gasteiger partial charge on any atom is 0.0681 e. The van der Waals surface area contributed by atoms with E-state index in [9.17, 15) is 0 Å². The summed E-state index contributed by atoms with van der Waals surface area (Å²) in [6.45, 7) is 0.820. The minimum atomic E-state index is 0.0815. The van der Waals surface area contributed by atoms with Crippen LogP contribution in [0.15, 0.2) is 35.7 Å². The number of benzene rings is 1. The molecule has 3 nitrogen and oxygen atoms in total. The second-order valence-electron chi connectivity index (χ2n) is 3.51. The van der Waals surface area contributed by atoms with Crippen LogP contribution in [0.4, 0.5) is 11.4 Å². The Hall–Kier alpha value is -1.52. The van der Waals surface area contributed by atoms with Crippen molar-refractivity contribution in [2.45, 2.75) is 13.2 Å². The molecule has 0 atom stereocenters. The highest BCUT2D eigenvalue weighted by Crippen LogP contribution is 2.20. The Balaban J connectivity index is 1.97. The molecule has 0 aliphatic rings. The van der Waals surface area contributed by atoms with Gasteiger partial charge in [-0.3, -0.25) is 0 Å². The molecule has 16 heavy (non-hydrogen) atoms. The highest BCUT2D eigenvalue weighted by molar-refractivity contribution is 7.10. The average Bonchev–Trinajstić information content (AvgIpc) is 2.73. The molecule has 0 aliphatic heterocycles. The molecule has 0 amide bonds. The molecule has 0 aliphatic carbocycles. The van der Waals surface area contributed by atoms with Gasteiger partial charge in [-0.2, -0.15) is 0 Å². The van der Waals surface area contributed by atoms with Crippen molar-refractivity contribution in [1.82, 2.24) is 0 Å². The summed E-state index contributed by atoms with van der Waals surface area (Å²) in [5.41, 5.74) is 8.58. The Morgan fingerprint density at radius 1 is 1.19 bits per heavy atom. The zero-order valence-corrected chi connectivity index (χ0v) is 9.63. The van der Waals surface area contributed by atoms with Gasteiger partial charge in [-0.1, -0.05) is 12.1 Å². The first kappa shape index (κ1) is 11.0. The number of anilines is 2. The fourth-order valence-electron chi connectivity index (χ4n) is 1.40. The van der Waals surface area contributed by atoms with Crippen LogP contribution in [0, 0.1) is 0 Å². The molecule has 1 aromatic carbocycles. The number of nitrogens with two attached hydrogens (primary N) is 1. The normalized spacial score (nSPS) is 10.3. The van der Waals surface area contributed by atoms with E-state index in [1.165, 1.54) is 0 Å². The van der Waals surface area contributed by atoms with E-state index in [2.05, 4.69) is 5.32 Å². The van der Waals surface area contributed by atoms with E-state index < -0.39 is 0 Å². The molecule has 0 unspecified atom stereocenters. The molecule has 4 heteroatoms. The molecule has 0 fully saturated rings. The van der Waals surface area contributed by atoms with Crippen LogP contribution in [0.3, 0.4) is 0 Å². The topological polar surface area (TPSA) is 58.3 Å². The van der Waals surface area contributed by atoms with Crippen molar-refractivity contribution >= 4 is 22.7 Å². The molecule has 2 aromatic rings. The van der Waals surface area contributed by atoms with Crippen molar-refractivity contribution < 1.29 is 5.11 Å². The molecule has 1 aromatic heterocycles. The summed E-state index contributed by atoms with van der Waals surface area (Å²) < 4.78 is 0. The van der Waals surface area contributed by atoms with Gasteiger partial charge in [0.2, 0.25) is 0 Å². The lowest BCUT2D eigenvalue weighted by Gasteiger charge is -2.06. The Bertz CT molecular complexity index is 450. The van der Waals surface area contributed by atoms with Gasteiger partial charge in [0.25, 0.3) is 0 Å². The molecular weight excluding hydrogens is 220 g/mol. The predicted octanol–water partition coefficient (Wildman–Crippen LogP) is 2.43. The van der Waals surface area contributed by atoms with Crippen LogP contribution >= 0.6 is 11.3 Å². The van der Waals surface area contributed by atoms with E-state index >= 15 is 0 Å². The first-order chi connectivity index (χ1) is 7.79. The van der Waals surface area contributed by atoms with Crippen LogP contribution in [0.1, 0.15) is 10.4 Å². The zero-order valence-electron chi connectivity index (χ0n) is 8.81. The van der Waals surface area contributed by atoms with Crippen molar-refractivity contribution in [2.24, 2.45) is 0 Å². The first-order valence-electron chi connectivity index (χ1n) is 5.05. The van der Waals surface area contributed by atoms with E-state index in [1.807, 2.05) is 35.7 Å². The monoisotopic (exact) mass is 234 g/mol. The molecule has 0 saturated heterocycles. The first-order valence-corrected chi connectivity index (χ1v) is 5.93. The molecule has 0 saturated carbocycles. The van der Waals surface area contributed by atoms with Gasteiger partial charge < -0.3 is 16.2 Å². The van der Waals surface area contributed by atoms with Crippen LogP contribution in [0.5, 0.6) is 0 Å². The highest BCUT2D eigenvalue weighted by atomic mass is 32.1. The van der Waals surface area contributed by atoms with E-state index in [-0.39, 0.29) is 6.61 Å². The lowest BCUT2D eigenvalue weighted by Crippen LogP contribution is -1.99. The van der Waals surface area contributed by atoms with Gasteiger partial charge in [-0.05, 0) is 29.1 Å². The SMILES string of the molecule is Nc1ccsc1CNc1ccc(CO)cc1. The van der Waals surface area contributed by atoms with E-state index in [0.717, 1.165) is 28.4 Å². The molecule has 0 spiro atoms. The van der Waals surface area contributed by atoms with Crippen molar-refractivity contribution in [2.75, 3.05) is 11.1 Å². The Morgan fingerprint density at radius 2 is 1.94 bits per heavy atom. The second-order valence-corrected chi connectivity index (χ2v) is 4.51. The number of hydrogen-bond acceptors (Lipinski definition) is 4. The quantitative estimate of drug-likeness (QED) is 0.761. The van der Waals surface area contributed by atoms with Crippen LogP contribution < -0.4 is 11.1 Å². The Kier molecular flexibility index (Phi) is 3.44. The summed E-state index contributed by atoms with van der Waals surface area (Å²) in [4.78, 5) is 1.14. The number of aliphatic hydroxyl groups excluding tert-OH is 1. The lowest BCUT2D eigenvalue weighted by atomic mass is 10.2. The highest BCUT2D eigenvalue weighted by Gasteiger charge is 2.00. The number of thiophene rings is 1. The number of nitrogens with one attached hydrogen (secondary N) is 1. The standard InChI is InChI=1S/C12H14N2OS/c13-11-5-6-16-12(11)7-14-10-3-1-9(8-15)2-4-10/h1-6,14-15H,7-8,13H2. The summed E-state index contributed by atoms with van der Waals surface area (Å²) in [6, 6.07) is 9.63. The molecule has 1 heterocycles. The third-order valence-electron chi connectivity index (χ3n) is 2.37. The van der Waals surface area contributed by atoms with Crippen LogP contribution in [-0.4, -0.2) is 5.11 Å². The van der Waals surface area contributed by atoms with E-state index in [0.29, 0.717) is 0 Å². The maximum atomic E-state index is 8.91. The smallest absolute Gasteiger partial charge is 0.0681 e. The summed E-state index contributed by atoms with van der Waals surface area (Å²) in [6.07, 6.45) is 0. The van der Waals surface area contributed by atoms with E-state index in [4.69, 9.17) is 10.8 Å². The maximum absolute atomic E-state index is 8.91. The van der Waals surface area contributed by atoms with Gasteiger partial charge in [0.15, 0.2) is 0 Å². The van der Waals surface area contributed by atoms with Crippen molar-refractivity contribution in [1.29, 1.82) is 0 Å². The Labute approximate surface area is 98.5 Å². The lowest BCUT2D eigenvalue weighted by molar-refractivity contribution is 0.282. The number of aliphatic hydroxyl groups is 1. The number of rotatable bonds is 4. The summed E-state index contributed by atoms with van der Waals surface area (Å²) in [5, 5.41) is 14.2. The van der Waals surface area contributed by atoms with Crippen LogP contribution in [-0.2, 0) is 13.2 Å². The van der Waals surface area contributed by atoms with Crippen LogP contribution in [0.2, 0.25) is 0 Å². The molecule has 84 valence electrons. The summed E-state index contributed by atoms with van der Waals surface area (Å²) in [5.74, 6) is 0. The summed E-state index contributed by atoms with van der Waals surface area (Å²) >= 11 is 1.65. The van der Waals surface area contributed by atoms with Gasteiger partial charge >= 0.3 is 0 Å². The third kappa shape index (κ3) is 2.53. The minimum Gasteiger partial charge on any atom is -0.398 e. The largest absolute Gasteiger partial charge is 0.398 e. The van der Waals surface area contributed by atoms with Gasteiger partial charge in [0.1, 0.15) is 0 Å². The summed E-state index contributed by atoms with van der Waals surface area (Å²) in [7, 11) is 0. The second kappa shape index (κ2) is 5.01. The zero-order chi connectivity index (χ0) is 11.4. The molecule has 0 radical (unpaired) electrons.